The number of nitrogens with zero attached hydrogens (tertiary/aromatic N) is 1. The first-order valence-corrected chi connectivity index (χ1v) is 7.77. The van der Waals surface area contributed by atoms with Crippen molar-refractivity contribution in [3.05, 3.63) is 35.9 Å². The van der Waals surface area contributed by atoms with E-state index in [0.717, 1.165) is 18.4 Å². The van der Waals surface area contributed by atoms with Crippen molar-refractivity contribution >= 4 is 15.9 Å². The lowest BCUT2D eigenvalue weighted by molar-refractivity contribution is 0.271. The first-order valence-electron chi connectivity index (χ1n) is 6.65. The van der Waals surface area contributed by atoms with Crippen LogP contribution in [0.1, 0.15) is 38.2 Å². The molecule has 0 aliphatic carbocycles. The van der Waals surface area contributed by atoms with E-state index in [1.54, 1.807) is 0 Å². The van der Waals surface area contributed by atoms with E-state index < -0.39 is 0 Å². The number of benzene rings is 1. The summed E-state index contributed by atoms with van der Waals surface area (Å²) in [5.74, 6) is 0.605. The van der Waals surface area contributed by atoms with E-state index in [1.807, 2.05) is 0 Å². The molecule has 17 heavy (non-hydrogen) atoms. The minimum atomic E-state index is 0.605. The molecule has 0 N–H and O–H groups in total. The van der Waals surface area contributed by atoms with Gasteiger partial charge in [0, 0.05) is 17.8 Å². The number of unbranched alkanes of at least 4 members (excludes halogenated alkanes) is 1. The number of hydrogen-bond donors (Lipinski definition) is 0. The van der Waals surface area contributed by atoms with Crippen LogP contribution >= 0.6 is 15.9 Å². The summed E-state index contributed by atoms with van der Waals surface area (Å²) in [5.41, 5.74) is 1.44. The van der Waals surface area contributed by atoms with E-state index in [4.69, 9.17) is 0 Å². The largest absolute Gasteiger partial charge is 0.303 e. The average Bonchev–Trinajstić information content (AvgIpc) is 2.40. The number of alkyl halides is 1. The second-order valence-corrected chi connectivity index (χ2v) is 5.16. The Balaban J connectivity index is 2.56. The van der Waals surface area contributed by atoms with Crippen molar-refractivity contribution in [3.8, 4) is 0 Å². The fourth-order valence-electron chi connectivity index (χ4n) is 2.04. The summed E-state index contributed by atoms with van der Waals surface area (Å²) in [6.07, 6.45) is 2.58. The maximum Gasteiger partial charge on any atom is 0.0112 e. The molecule has 1 aromatic rings. The molecule has 0 fully saturated rings. The topological polar surface area (TPSA) is 3.24 Å². The third-order valence-corrected chi connectivity index (χ3v) is 3.99. The summed E-state index contributed by atoms with van der Waals surface area (Å²) in [7, 11) is 0. The lowest BCUT2D eigenvalue weighted by Crippen LogP contribution is -2.30. The number of rotatable bonds is 8. The quantitative estimate of drug-likeness (QED) is 0.647. The molecule has 96 valence electrons. The molecule has 0 saturated heterocycles. The lowest BCUT2D eigenvalue weighted by atomic mass is 10.0. The Morgan fingerprint density at radius 2 is 1.88 bits per heavy atom. The predicted octanol–water partition coefficient (Wildman–Crippen LogP) is 4.29. The maximum absolute atomic E-state index is 3.65. The molecular formula is C15H24BrN. The van der Waals surface area contributed by atoms with Gasteiger partial charge in [-0.25, -0.2) is 0 Å². The summed E-state index contributed by atoms with van der Waals surface area (Å²) in [6.45, 7) is 8.05. The van der Waals surface area contributed by atoms with E-state index in [-0.39, 0.29) is 0 Å². The molecule has 2 heteroatoms. The van der Waals surface area contributed by atoms with Crippen LogP contribution in [0.3, 0.4) is 0 Å². The van der Waals surface area contributed by atoms with Crippen molar-refractivity contribution in [2.45, 2.75) is 32.6 Å². The van der Waals surface area contributed by atoms with Gasteiger partial charge in [0.25, 0.3) is 0 Å². The highest BCUT2D eigenvalue weighted by atomic mass is 79.9. The van der Waals surface area contributed by atoms with E-state index >= 15 is 0 Å². The van der Waals surface area contributed by atoms with Crippen LogP contribution in [-0.2, 0) is 0 Å². The highest BCUT2D eigenvalue weighted by Gasteiger charge is 2.13. The first-order chi connectivity index (χ1) is 8.31. The SMILES string of the molecule is CCCCN(CC)CC(CBr)c1ccccc1. The van der Waals surface area contributed by atoms with E-state index in [9.17, 15) is 0 Å². The minimum Gasteiger partial charge on any atom is -0.303 e. The number of likely N-dealkylation sites (N-methyl/N-ethyl adjacent to an activating group) is 1. The van der Waals surface area contributed by atoms with Gasteiger partial charge < -0.3 is 4.90 Å². The van der Waals surface area contributed by atoms with Crippen LogP contribution in [0, 0.1) is 0 Å². The van der Waals surface area contributed by atoms with Crippen molar-refractivity contribution in [1.82, 2.24) is 4.90 Å². The molecule has 1 nitrogen and oxygen atoms in total. The van der Waals surface area contributed by atoms with Crippen LogP contribution in [0.2, 0.25) is 0 Å². The molecule has 0 amide bonds. The fourth-order valence-corrected chi connectivity index (χ4v) is 2.62. The summed E-state index contributed by atoms with van der Waals surface area (Å²) in [4.78, 5) is 2.56. The molecule has 0 aliphatic heterocycles. The highest BCUT2D eigenvalue weighted by Crippen LogP contribution is 2.19. The van der Waals surface area contributed by atoms with Crippen LogP contribution < -0.4 is 0 Å². The molecule has 1 rings (SSSR count). The zero-order valence-corrected chi connectivity index (χ0v) is 12.6. The van der Waals surface area contributed by atoms with E-state index in [0.29, 0.717) is 5.92 Å². The Hall–Kier alpha value is -0.340. The van der Waals surface area contributed by atoms with Gasteiger partial charge in [-0.2, -0.15) is 0 Å². The van der Waals surface area contributed by atoms with Crippen LogP contribution in [0.5, 0.6) is 0 Å². The third-order valence-electron chi connectivity index (χ3n) is 3.21. The second kappa shape index (κ2) is 8.71. The molecule has 0 heterocycles. The Labute approximate surface area is 114 Å². The van der Waals surface area contributed by atoms with Gasteiger partial charge in [-0.3, -0.25) is 0 Å². The molecule has 1 aromatic carbocycles. The van der Waals surface area contributed by atoms with Gasteiger partial charge in [0.15, 0.2) is 0 Å². The summed E-state index contributed by atoms with van der Waals surface area (Å²) >= 11 is 3.65. The van der Waals surface area contributed by atoms with Gasteiger partial charge >= 0.3 is 0 Å². The van der Waals surface area contributed by atoms with Crippen molar-refractivity contribution in [2.24, 2.45) is 0 Å². The molecule has 1 atom stereocenters. The van der Waals surface area contributed by atoms with Crippen LogP contribution in [0.4, 0.5) is 0 Å². The van der Waals surface area contributed by atoms with Crippen LogP contribution in [0.25, 0.3) is 0 Å². The Morgan fingerprint density at radius 1 is 1.18 bits per heavy atom. The first kappa shape index (κ1) is 14.7. The summed E-state index contributed by atoms with van der Waals surface area (Å²) in [5, 5.41) is 1.04. The Kier molecular flexibility index (Phi) is 7.54. The van der Waals surface area contributed by atoms with Gasteiger partial charge in [-0.1, -0.05) is 66.5 Å². The molecule has 0 saturated carbocycles. The van der Waals surface area contributed by atoms with Crippen LogP contribution in [0.15, 0.2) is 30.3 Å². The van der Waals surface area contributed by atoms with Crippen molar-refractivity contribution in [3.63, 3.8) is 0 Å². The smallest absolute Gasteiger partial charge is 0.0112 e. The standard InChI is InChI=1S/C15H24BrN/c1-3-5-11-17(4-2)13-15(12-16)14-9-7-6-8-10-14/h6-10,15H,3-5,11-13H2,1-2H3. The summed E-state index contributed by atoms with van der Waals surface area (Å²) < 4.78 is 0. The third kappa shape index (κ3) is 5.22. The Bertz CT molecular complexity index is 286. The van der Waals surface area contributed by atoms with E-state index in [2.05, 4.69) is 65.0 Å². The summed E-state index contributed by atoms with van der Waals surface area (Å²) in [6, 6.07) is 10.8. The highest BCUT2D eigenvalue weighted by molar-refractivity contribution is 9.09. The fraction of sp³-hybridized carbons (Fsp3) is 0.600. The molecule has 0 aromatic heterocycles. The number of halogens is 1. The molecular weight excluding hydrogens is 274 g/mol. The zero-order chi connectivity index (χ0) is 12.5. The van der Waals surface area contributed by atoms with E-state index in [1.165, 1.54) is 24.9 Å². The minimum absolute atomic E-state index is 0.605. The normalized spacial score (nSPS) is 12.9. The van der Waals surface area contributed by atoms with Gasteiger partial charge in [-0.05, 0) is 25.1 Å². The molecule has 0 aliphatic rings. The molecule has 1 unspecified atom stereocenters. The second-order valence-electron chi connectivity index (χ2n) is 4.51. The molecule has 0 radical (unpaired) electrons. The van der Waals surface area contributed by atoms with Crippen molar-refractivity contribution < 1.29 is 0 Å². The maximum atomic E-state index is 3.65. The molecule has 0 bridgehead atoms. The van der Waals surface area contributed by atoms with Crippen molar-refractivity contribution in [1.29, 1.82) is 0 Å². The van der Waals surface area contributed by atoms with Crippen LogP contribution in [-0.4, -0.2) is 29.9 Å². The van der Waals surface area contributed by atoms with Crippen molar-refractivity contribution in [2.75, 3.05) is 25.0 Å². The molecule has 0 spiro atoms. The van der Waals surface area contributed by atoms with Gasteiger partial charge in [0.05, 0.1) is 0 Å². The Morgan fingerprint density at radius 3 is 2.41 bits per heavy atom. The number of hydrogen-bond acceptors (Lipinski definition) is 1. The average molecular weight is 298 g/mol. The van der Waals surface area contributed by atoms with Gasteiger partial charge in [0.2, 0.25) is 0 Å². The van der Waals surface area contributed by atoms with Gasteiger partial charge in [0.1, 0.15) is 0 Å². The van der Waals surface area contributed by atoms with Gasteiger partial charge in [-0.15, -0.1) is 0 Å². The predicted molar refractivity (Wildman–Crippen MR) is 80.0 cm³/mol. The monoisotopic (exact) mass is 297 g/mol. The zero-order valence-electron chi connectivity index (χ0n) is 11.0. The lowest BCUT2D eigenvalue weighted by Gasteiger charge is -2.25.